The summed E-state index contributed by atoms with van der Waals surface area (Å²) >= 11 is 1.90. The summed E-state index contributed by atoms with van der Waals surface area (Å²) in [6.45, 7) is 0. The van der Waals surface area contributed by atoms with Gasteiger partial charge in [0, 0.05) is 67.9 Å². The molecule has 0 N–H and O–H groups in total. The molecule has 3 heterocycles. The lowest BCUT2D eigenvalue weighted by Crippen LogP contribution is -2.09. The monoisotopic (exact) mass is 835 g/mol. The van der Waals surface area contributed by atoms with Crippen molar-refractivity contribution >= 4 is 48.6 Å². The molecule has 11 aromatic rings. The Labute approximate surface area is 377 Å². The molecular weight excluding hydrogens is 795 g/mol. The minimum atomic E-state index is 0.298. The number of rotatable bonds is 9. The molecule has 302 valence electrons. The van der Waals surface area contributed by atoms with Crippen LogP contribution in [-0.2, 0) is 6.42 Å². The first kappa shape index (κ1) is 37.8. The second-order valence-corrected chi connectivity index (χ2v) is 17.7. The van der Waals surface area contributed by atoms with Crippen LogP contribution in [0.2, 0.25) is 0 Å². The number of benzene rings is 8. The molecule has 8 aromatic carbocycles. The molecule has 1 unspecified atom stereocenters. The smallest absolute Gasteiger partial charge is 0.0462 e. The number of hydrogen-bond acceptors (Lipinski definition) is 4. The van der Waals surface area contributed by atoms with Gasteiger partial charge in [0.05, 0.1) is 0 Å². The molecule has 0 fully saturated rings. The second-order valence-electron chi connectivity index (χ2n) is 16.6. The summed E-state index contributed by atoms with van der Waals surface area (Å²) in [6, 6.07) is 75.5. The van der Waals surface area contributed by atoms with E-state index in [0.29, 0.717) is 5.92 Å². The first-order valence-electron chi connectivity index (χ1n) is 21.9. The highest BCUT2D eigenvalue weighted by molar-refractivity contribution is 7.25. The van der Waals surface area contributed by atoms with Gasteiger partial charge in [0.2, 0.25) is 0 Å². The Morgan fingerprint density at radius 2 is 0.906 bits per heavy atom. The maximum atomic E-state index is 4.34. The lowest BCUT2D eigenvalue weighted by Gasteiger charge is -2.26. The molecule has 0 saturated carbocycles. The number of anilines is 3. The normalized spacial score (nSPS) is 12.9. The van der Waals surface area contributed by atoms with Crippen LogP contribution in [0, 0.1) is 0 Å². The maximum absolute atomic E-state index is 4.34. The van der Waals surface area contributed by atoms with Crippen LogP contribution in [0.3, 0.4) is 0 Å². The number of fused-ring (bicyclic) bond motifs is 6. The van der Waals surface area contributed by atoms with E-state index in [1.807, 2.05) is 48.3 Å². The van der Waals surface area contributed by atoms with E-state index in [1.54, 1.807) is 0 Å². The summed E-state index contributed by atoms with van der Waals surface area (Å²) in [7, 11) is 0. The van der Waals surface area contributed by atoms with Gasteiger partial charge in [-0.25, -0.2) is 0 Å². The second kappa shape index (κ2) is 16.1. The maximum Gasteiger partial charge on any atom is 0.0462 e. The molecule has 0 aliphatic heterocycles. The molecule has 0 amide bonds. The highest BCUT2D eigenvalue weighted by Gasteiger charge is 2.29. The zero-order chi connectivity index (χ0) is 42.4. The van der Waals surface area contributed by atoms with Gasteiger partial charge in [0.1, 0.15) is 0 Å². The Bertz CT molecular complexity index is 3370. The first-order valence-corrected chi connectivity index (χ1v) is 22.7. The van der Waals surface area contributed by atoms with Gasteiger partial charge in [-0.3, -0.25) is 9.97 Å². The van der Waals surface area contributed by atoms with Crippen molar-refractivity contribution in [2.24, 2.45) is 0 Å². The molecule has 3 aromatic heterocycles. The minimum absolute atomic E-state index is 0.298. The van der Waals surface area contributed by atoms with E-state index in [1.165, 1.54) is 70.2 Å². The van der Waals surface area contributed by atoms with E-state index >= 15 is 0 Å². The van der Waals surface area contributed by atoms with Crippen molar-refractivity contribution in [2.45, 2.75) is 12.3 Å². The third-order valence-corrected chi connectivity index (χ3v) is 14.0. The van der Waals surface area contributed by atoms with E-state index in [2.05, 4.69) is 209 Å². The lowest BCUT2D eigenvalue weighted by atomic mass is 9.88. The van der Waals surface area contributed by atoms with Gasteiger partial charge in [-0.05, 0) is 152 Å². The molecule has 3 nitrogen and oxygen atoms in total. The quantitative estimate of drug-likeness (QED) is 0.145. The summed E-state index contributed by atoms with van der Waals surface area (Å²) < 4.78 is 2.72. The Balaban J connectivity index is 0.859. The van der Waals surface area contributed by atoms with E-state index in [4.69, 9.17) is 0 Å². The van der Waals surface area contributed by atoms with Gasteiger partial charge in [0.25, 0.3) is 0 Å². The van der Waals surface area contributed by atoms with Gasteiger partial charge >= 0.3 is 0 Å². The van der Waals surface area contributed by atoms with E-state index in [9.17, 15) is 0 Å². The summed E-state index contributed by atoms with van der Waals surface area (Å²) in [5.74, 6) is 0.298. The first-order chi connectivity index (χ1) is 31.7. The molecular formula is C60H41N3S. The summed E-state index contributed by atoms with van der Waals surface area (Å²) in [5.41, 5.74) is 19.4. The topological polar surface area (TPSA) is 29.0 Å². The molecule has 4 heteroatoms. The predicted molar refractivity (Wildman–Crippen MR) is 269 cm³/mol. The third-order valence-electron chi connectivity index (χ3n) is 12.9. The number of nitrogens with zero attached hydrogens (tertiary/aromatic N) is 3. The molecule has 0 radical (unpaired) electrons. The van der Waals surface area contributed by atoms with E-state index in [0.717, 1.165) is 45.7 Å². The van der Waals surface area contributed by atoms with Crippen molar-refractivity contribution in [3.05, 3.63) is 248 Å². The Morgan fingerprint density at radius 1 is 0.391 bits per heavy atom. The fraction of sp³-hybridized carbons (Fsp3) is 0.0333. The molecule has 64 heavy (non-hydrogen) atoms. The van der Waals surface area contributed by atoms with Crippen LogP contribution in [0.5, 0.6) is 0 Å². The van der Waals surface area contributed by atoms with Crippen molar-refractivity contribution in [3.63, 3.8) is 0 Å². The van der Waals surface area contributed by atoms with Crippen LogP contribution in [0.15, 0.2) is 231 Å². The zero-order valence-corrected chi connectivity index (χ0v) is 35.8. The zero-order valence-electron chi connectivity index (χ0n) is 35.0. The fourth-order valence-electron chi connectivity index (χ4n) is 9.75. The Hall–Kier alpha value is -7.92. The van der Waals surface area contributed by atoms with Gasteiger partial charge in [-0.1, -0.05) is 133 Å². The molecule has 12 rings (SSSR count). The number of thiophene rings is 1. The molecule has 0 saturated heterocycles. The van der Waals surface area contributed by atoms with Crippen LogP contribution in [0.4, 0.5) is 17.1 Å². The summed E-state index contributed by atoms with van der Waals surface area (Å²) in [5, 5.41) is 2.78. The van der Waals surface area contributed by atoms with Gasteiger partial charge in [0.15, 0.2) is 0 Å². The van der Waals surface area contributed by atoms with Gasteiger partial charge < -0.3 is 4.90 Å². The largest absolute Gasteiger partial charge is 0.311 e. The van der Waals surface area contributed by atoms with Crippen molar-refractivity contribution in [3.8, 4) is 55.6 Å². The number of aromatic nitrogens is 2. The van der Waals surface area contributed by atoms with Crippen LogP contribution in [0.1, 0.15) is 22.6 Å². The Kier molecular flexibility index (Phi) is 9.50. The van der Waals surface area contributed by atoms with E-state index in [-0.39, 0.29) is 0 Å². The van der Waals surface area contributed by atoms with Crippen LogP contribution >= 0.6 is 11.3 Å². The van der Waals surface area contributed by atoms with Crippen molar-refractivity contribution in [1.29, 1.82) is 0 Å². The molecule has 0 spiro atoms. The average Bonchev–Trinajstić information content (AvgIpc) is 3.91. The fourth-order valence-corrected chi connectivity index (χ4v) is 10.9. The third kappa shape index (κ3) is 6.86. The highest BCUT2D eigenvalue weighted by atomic mass is 32.1. The lowest BCUT2D eigenvalue weighted by molar-refractivity contribution is 0.833. The Morgan fingerprint density at radius 3 is 1.56 bits per heavy atom. The molecule has 0 bridgehead atoms. The van der Waals surface area contributed by atoms with Crippen molar-refractivity contribution in [2.75, 3.05) is 4.90 Å². The minimum Gasteiger partial charge on any atom is -0.311 e. The number of pyridine rings is 2. The van der Waals surface area contributed by atoms with Crippen LogP contribution in [0.25, 0.3) is 75.8 Å². The molecule has 1 atom stereocenters. The van der Waals surface area contributed by atoms with Gasteiger partial charge in [-0.2, -0.15) is 0 Å². The van der Waals surface area contributed by atoms with Crippen molar-refractivity contribution < 1.29 is 0 Å². The van der Waals surface area contributed by atoms with Crippen LogP contribution in [-0.4, -0.2) is 9.97 Å². The van der Waals surface area contributed by atoms with Crippen LogP contribution < -0.4 is 4.90 Å². The SMILES string of the molecule is c1cncc(-c2ccc(N(c3ccc(-c4cccnc4)cc3)c3ccc(-c4cccc(-c5ccc6c(c5)-c5ccccc5C6Cc5cccc6sc7ccccc7c56)c4)cc3)cc2)c1. The number of hydrogen-bond donors (Lipinski definition) is 0. The van der Waals surface area contributed by atoms with E-state index < -0.39 is 0 Å². The summed E-state index contributed by atoms with van der Waals surface area (Å²) in [6.07, 6.45) is 8.41. The molecule has 1 aliphatic rings. The van der Waals surface area contributed by atoms with Crippen molar-refractivity contribution in [1.82, 2.24) is 9.97 Å². The highest BCUT2D eigenvalue weighted by Crippen LogP contribution is 2.49. The predicted octanol–water partition coefficient (Wildman–Crippen LogP) is 16.3. The average molecular weight is 836 g/mol. The van der Waals surface area contributed by atoms with Gasteiger partial charge in [-0.15, -0.1) is 11.3 Å². The standard InChI is InChI=1S/C60H41N3S/c1-2-15-53-52(14-1)56-36-45(25-32-54(56)57(53)37-46-11-6-18-59-60(46)55-16-3-4-17-58(55)64-59)44-10-5-9-43(35-44)40-19-26-49(27-20-40)63(50-28-21-41(22-29-50)47-12-7-33-61-38-47)51-30-23-42(24-31-51)48-13-8-34-62-39-48/h1-36,38-39,57H,37H2. The molecule has 1 aliphatic carbocycles. The summed E-state index contributed by atoms with van der Waals surface area (Å²) in [4.78, 5) is 11.0.